The summed E-state index contributed by atoms with van der Waals surface area (Å²) in [5.74, 6) is -0.386. The molecule has 1 aromatic carbocycles. The van der Waals surface area contributed by atoms with Crippen molar-refractivity contribution in [2.45, 2.75) is 19.9 Å². The second-order valence-corrected chi connectivity index (χ2v) is 4.88. The van der Waals surface area contributed by atoms with Crippen LogP contribution in [0.4, 0.5) is 5.69 Å². The number of hydrogen-bond acceptors (Lipinski definition) is 3. The molecule has 2 N–H and O–H groups in total. The van der Waals surface area contributed by atoms with Gasteiger partial charge in [0.25, 0.3) is 5.91 Å². The fourth-order valence-electron chi connectivity index (χ4n) is 1.97. The minimum absolute atomic E-state index is 0.183. The lowest BCUT2D eigenvalue weighted by molar-refractivity contribution is -0.111. The number of nitrogens with one attached hydrogen (secondary N) is 2. The number of hydrogen-bond donors (Lipinski definition) is 2. The molecule has 0 saturated carbocycles. The van der Waals surface area contributed by atoms with Crippen LogP contribution in [0, 0.1) is 0 Å². The maximum Gasteiger partial charge on any atom is 0.253 e. The minimum atomic E-state index is -0.204. The van der Waals surface area contributed by atoms with E-state index < -0.39 is 0 Å². The highest BCUT2D eigenvalue weighted by Crippen LogP contribution is 2.15. The summed E-state index contributed by atoms with van der Waals surface area (Å²) in [6.45, 7) is 2.29. The van der Waals surface area contributed by atoms with Gasteiger partial charge in [-0.25, -0.2) is 0 Å². The number of allylic oxidation sites excluding steroid dienone is 1. The molecule has 0 atom stereocenters. The molecule has 5 nitrogen and oxygen atoms in total. The van der Waals surface area contributed by atoms with Crippen molar-refractivity contribution in [3.63, 3.8) is 0 Å². The van der Waals surface area contributed by atoms with Gasteiger partial charge < -0.3 is 10.6 Å². The molecule has 1 aromatic heterocycles. The standard InChI is InChI=1S/C18H19N3O2/c1-2-3-10-17(22)21-16-9-5-4-7-14(16)13-20-18(23)15-8-6-11-19-12-15/h3-12H,2,13H2,1H3,(H,20,23)(H,21,22)/b10-3+. The van der Waals surface area contributed by atoms with Crippen molar-refractivity contribution in [2.75, 3.05) is 5.32 Å². The fourth-order valence-corrected chi connectivity index (χ4v) is 1.97. The largest absolute Gasteiger partial charge is 0.348 e. The van der Waals surface area contributed by atoms with Gasteiger partial charge in [-0.1, -0.05) is 31.2 Å². The SMILES string of the molecule is CC/C=C/C(=O)Nc1ccccc1CNC(=O)c1cccnc1. The summed E-state index contributed by atoms with van der Waals surface area (Å²) in [5, 5.41) is 5.64. The van der Waals surface area contributed by atoms with Gasteiger partial charge in [0.15, 0.2) is 0 Å². The van der Waals surface area contributed by atoms with E-state index in [-0.39, 0.29) is 11.8 Å². The molecule has 23 heavy (non-hydrogen) atoms. The first-order chi connectivity index (χ1) is 11.2. The lowest BCUT2D eigenvalue weighted by Gasteiger charge is -2.11. The number of carbonyl (C=O) groups excluding carboxylic acids is 2. The molecule has 2 amide bonds. The molecule has 2 aromatic rings. The topological polar surface area (TPSA) is 71.1 Å². The van der Waals surface area contributed by atoms with Crippen LogP contribution in [0.3, 0.4) is 0 Å². The molecular weight excluding hydrogens is 290 g/mol. The normalized spacial score (nSPS) is 10.5. The van der Waals surface area contributed by atoms with E-state index in [1.807, 2.05) is 31.2 Å². The fraction of sp³-hybridized carbons (Fsp3) is 0.167. The smallest absolute Gasteiger partial charge is 0.253 e. The molecule has 0 unspecified atom stereocenters. The monoisotopic (exact) mass is 309 g/mol. The van der Waals surface area contributed by atoms with Crippen LogP contribution >= 0.6 is 0 Å². The Kier molecular flexibility index (Phi) is 6.06. The molecule has 0 aliphatic carbocycles. The number of benzene rings is 1. The number of aromatic nitrogens is 1. The molecule has 0 bridgehead atoms. The number of nitrogens with zero attached hydrogens (tertiary/aromatic N) is 1. The van der Waals surface area contributed by atoms with Crippen molar-refractivity contribution in [1.29, 1.82) is 0 Å². The Hall–Kier alpha value is -2.95. The van der Waals surface area contributed by atoms with Crippen LogP contribution in [0.15, 0.2) is 60.9 Å². The Labute approximate surface area is 135 Å². The van der Waals surface area contributed by atoms with E-state index in [4.69, 9.17) is 0 Å². The second-order valence-electron chi connectivity index (χ2n) is 4.88. The average molecular weight is 309 g/mol. The molecule has 0 spiro atoms. The van der Waals surface area contributed by atoms with Crippen LogP contribution in [-0.2, 0) is 11.3 Å². The van der Waals surface area contributed by atoms with Crippen molar-refractivity contribution >= 4 is 17.5 Å². The number of rotatable bonds is 6. The molecule has 1 heterocycles. The van der Waals surface area contributed by atoms with E-state index in [9.17, 15) is 9.59 Å². The zero-order valence-corrected chi connectivity index (χ0v) is 13.0. The third kappa shape index (κ3) is 5.07. The van der Waals surface area contributed by atoms with Crippen LogP contribution in [-0.4, -0.2) is 16.8 Å². The van der Waals surface area contributed by atoms with Crippen molar-refractivity contribution in [2.24, 2.45) is 0 Å². The predicted molar refractivity (Wildman–Crippen MR) is 89.9 cm³/mol. The molecule has 0 aliphatic heterocycles. The zero-order chi connectivity index (χ0) is 16.5. The maximum absolute atomic E-state index is 12.0. The molecule has 118 valence electrons. The average Bonchev–Trinajstić information content (AvgIpc) is 2.59. The van der Waals surface area contributed by atoms with E-state index in [0.29, 0.717) is 17.8 Å². The van der Waals surface area contributed by atoms with Gasteiger partial charge in [-0.2, -0.15) is 0 Å². The van der Waals surface area contributed by atoms with E-state index in [1.54, 1.807) is 24.4 Å². The first-order valence-corrected chi connectivity index (χ1v) is 7.44. The third-order valence-corrected chi connectivity index (χ3v) is 3.14. The summed E-state index contributed by atoms with van der Waals surface area (Å²) in [4.78, 5) is 27.8. The highest BCUT2D eigenvalue weighted by molar-refractivity contribution is 6.00. The first-order valence-electron chi connectivity index (χ1n) is 7.44. The molecule has 0 radical (unpaired) electrons. The Balaban J connectivity index is 2.01. The van der Waals surface area contributed by atoms with E-state index in [1.165, 1.54) is 12.3 Å². The van der Waals surface area contributed by atoms with Crippen molar-refractivity contribution in [3.8, 4) is 0 Å². The van der Waals surface area contributed by atoms with Gasteiger partial charge in [-0.3, -0.25) is 14.6 Å². The number of carbonyl (C=O) groups is 2. The van der Waals surface area contributed by atoms with Gasteiger partial charge in [-0.05, 0) is 36.3 Å². The summed E-state index contributed by atoms with van der Waals surface area (Å²) in [6, 6.07) is 10.8. The van der Waals surface area contributed by atoms with Crippen LogP contribution in [0.25, 0.3) is 0 Å². The highest BCUT2D eigenvalue weighted by Gasteiger charge is 2.08. The summed E-state index contributed by atoms with van der Waals surface area (Å²) >= 11 is 0. The summed E-state index contributed by atoms with van der Waals surface area (Å²) in [5.41, 5.74) is 2.02. The Bertz CT molecular complexity index is 696. The van der Waals surface area contributed by atoms with Gasteiger partial charge in [0.1, 0.15) is 0 Å². The summed E-state index contributed by atoms with van der Waals surface area (Å²) < 4.78 is 0. The second kappa shape index (κ2) is 8.48. The van der Waals surface area contributed by atoms with Gasteiger partial charge >= 0.3 is 0 Å². The number of anilines is 1. The van der Waals surface area contributed by atoms with Crippen LogP contribution < -0.4 is 10.6 Å². The maximum atomic E-state index is 12.0. The number of amides is 2. The molecule has 2 rings (SSSR count). The Morgan fingerprint density at radius 1 is 1.17 bits per heavy atom. The highest BCUT2D eigenvalue weighted by atomic mass is 16.2. The molecule has 0 aliphatic rings. The van der Waals surface area contributed by atoms with Crippen molar-refractivity contribution in [1.82, 2.24) is 10.3 Å². The number of pyridine rings is 1. The molecule has 0 saturated heterocycles. The van der Waals surface area contributed by atoms with Crippen LogP contribution in [0.1, 0.15) is 29.3 Å². The summed E-state index contributed by atoms with van der Waals surface area (Å²) in [6.07, 6.45) is 7.23. The summed E-state index contributed by atoms with van der Waals surface area (Å²) in [7, 11) is 0. The van der Waals surface area contributed by atoms with Gasteiger partial charge in [0.05, 0.1) is 5.56 Å². The molecular formula is C18H19N3O2. The van der Waals surface area contributed by atoms with Crippen LogP contribution in [0.5, 0.6) is 0 Å². The molecule has 0 fully saturated rings. The zero-order valence-electron chi connectivity index (χ0n) is 13.0. The van der Waals surface area contributed by atoms with Gasteiger partial charge in [-0.15, -0.1) is 0 Å². The quantitative estimate of drug-likeness (QED) is 0.806. The van der Waals surface area contributed by atoms with Crippen molar-refractivity contribution < 1.29 is 9.59 Å². The van der Waals surface area contributed by atoms with Gasteiger partial charge in [0, 0.05) is 24.6 Å². The van der Waals surface area contributed by atoms with Crippen LogP contribution in [0.2, 0.25) is 0 Å². The third-order valence-electron chi connectivity index (χ3n) is 3.14. The van der Waals surface area contributed by atoms with Gasteiger partial charge in [0.2, 0.25) is 5.91 Å². The minimum Gasteiger partial charge on any atom is -0.348 e. The van der Waals surface area contributed by atoms with Crippen molar-refractivity contribution in [3.05, 3.63) is 72.1 Å². The molecule has 5 heteroatoms. The Morgan fingerprint density at radius 2 is 2.00 bits per heavy atom. The lowest BCUT2D eigenvalue weighted by atomic mass is 10.1. The van der Waals surface area contributed by atoms with E-state index >= 15 is 0 Å². The predicted octanol–water partition coefficient (Wildman–Crippen LogP) is 2.92. The van der Waals surface area contributed by atoms with E-state index in [0.717, 1.165) is 12.0 Å². The van der Waals surface area contributed by atoms with E-state index in [2.05, 4.69) is 15.6 Å². The first kappa shape index (κ1) is 16.4. The Morgan fingerprint density at radius 3 is 2.74 bits per heavy atom. The number of para-hydroxylation sites is 1. The lowest BCUT2D eigenvalue weighted by Crippen LogP contribution is -2.23.